The molecule has 3 rings (SSSR count). The maximum atomic E-state index is 12.2. The third-order valence-electron chi connectivity index (χ3n) is 3.77. The Morgan fingerprint density at radius 3 is 2.36 bits per heavy atom. The van der Waals surface area contributed by atoms with Crippen molar-refractivity contribution >= 4 is 0 Å². The number of benzene rings is 1. The molecule has 0 bridgehead atoms. The molecule has 0 atom stereocenters. The normalized spacial score (nSPS) is 10.6. The Hall–Kier alpha value is -3.22. The number of hydrogen-bond acceptors (Lipinski definition) is 6. The number of aromatic hydroxyl groups is 1. The number of phenols is 1. The zero-order chi connectivity index (χ0) is 17.6. The van der Waals surface area contributed by atoms with Crippen LogP contribution in [0.15, 0.2) is 47.7 Å². The lowest BCUT2D eigenvalue weighted by molar-refractivity contribution is 0.379. The van der Waals surface area contributed by atoms with Crippen LogP contribution in [-0.4, -0.2) is 32.2 Å². The minimum Gasteiger partial charge on any atom is -0.508 e. The molecule has 0 aliphatic rings. The van der Waals surface area contributed by atoms with E-state index in [2.05, 4.69) is 19.9 Å². The van der Waals surface area contributed by atoms with E-state index in [0.29, 0.717) is 30.2 Å². The van der Waals surface area contributed by atoms with Crippen molar-refractivity contribution < 1.29 is 9.84 Å². The number of aromatic nitrogens is 4. The Balaban J connectivity index is 1.65. The molecule has 7 heteroatoms. The fourth-order valence-electron chi connectivity index (χ4n) is 2.40. The number of ether oxygens (including phenoxy) is 1. The van der Waals surface area contributed by atoms with Crippen LogP contribution in [0.25, 0.3) is 0 Å². The van der Waals surface area contributed by atoms with Gasteiger partial charge in [0, 0.05) is 37.0 Å². The van der Waals surface area contributed by atoms with E-state index in [4.69, 9.17) is 4.74 Å². The lowest BCUT2D eigenvalue weighted by Crippen LogP contribution is -2.17. The first-order valence-electron chi connectivity index (χ1n) is 7.84. The number of methoxy groups -OCH3 is 1. The van der Waals surface area contributed by atoms with Gasteiger partial charge < -0.3 is 14.8 Å². The summed E-state index contributed by atoms with van der Waals surface area (Å²) >= 11 is 0. The van der Waals surface area contributed by atoms with Crippen LogP contribution in [0, 0.1) is 0 Å². The first-order chi connectivity index (χ1) is 12.1. The molecule has 0 unspecified atom stereocenters. The topological polar surface area (TPSA) is 101 Å². The van der Waals surface area contributed by atoms with Crippen LogP contribution in [0.1, 0.15) is 22.5 Å². The molecule has 1 aromatic carbocycles. The van der Waals surface area contributed by atoms with Gasteiger partial charge in [0.15, 0.2) is 0 Å². The van der Waals surface area contributed by atoms with E-state index in [1.165, 1.54) is 7.11 Å². The Morgan fingerprint density at radius 2 is 1.72 bits per heavy atom. The van der Waals surface area contributed by atoms with Crippen molar-refractivity contribution in [2.75, 3.05) is 7.11 Å². The maximum absolute atomic E-state index is 12.2. The highest BCUT2D eigenvalue weighted by atomic mass is 16.5. The third-order valence-corrected chi connectivity index (χ3v) is 3.77. The standard InChI is InChI=1S/C18H18N4O3/c1-25-18-20-9-13(10-21-18)8-14-11-19-16(22-17(14)24)7-4-12-2-5-15(23)6-3-12/h2-3,5-6,9-11,23H,4,7-8H2,1H3,(H,19,22,24). The Morgan fingerprint density at radius 1 is 1.00 bits per heavy atom. The van der Waals surface area contributed by atoms with Crippen molar-refractivity contribution in [2.24, 2.45) is 0 Å². The minimum atomic E-state index is -0.161. The second kappa shape index (κ2) is 7.57. The van der Waals surface area contributed by atoms with Gasteiger partial charge in [-0.05, 0) is 29.7 Å². The number of rotatable bonds is 6. The second-order valence-corrected chi connectivity index (χ2v) is 5.61. The molecule has 0 aliphatic carbocycles. The van der Waals surface area contributed by atoms with Crippen LogP contribution in [0.3, 0.4) is 0 Å². The number of H-pyrrole nitrogens is 1. The predicted octanol–water partition coefficient (Wildman–Crippen LogP) is 1.65. The van der Waals surface area contributed by atoms with E-state index in [1.54, 1.807) is 30.7 Å². The number of nitrogens with one attached hydrogen (secondary N) is 1. The van der Waals surface area contributed by atoms with Crippen molar-refractivity contribution in [2.45, 2.75) is 19.3 Å². The molecule has 25 heavy (non-hydrogen) atoms. The summed E-state index contributed by atoms with van der Waals surface area (Å²) in [4.78, 5) is 27.4. The number of aromatic amines is 1. The van der Waals surface area contributed by atoms with Gasteiger partial charge in [-0.15, -0.1) is 0 Å². The van der Waals surface area contributed by atoms with E-state index in [9.17, 15) is 9.90 Å². The summed E-state index contributed by atoms with van der Waals surface area (Å²) in [6.07, 6.45) is 6.61. The van der Waals surface area contributed by atoms with Gasteiger partial charge in [-0.2, -0.15) is 0 Å². The number of aryl methyl sites for hydroxylation is 2. The van der Waals surface area contributed by atoms with Crippen LogP contribution in [0.5, 0.6) is 11.8 Å². The highest BCUT2D eigenvalue weighted by Gasteiger charge is 2.06. The summed E-state index contributed by atoms with van der Waals surface area (Å²) in [5.41, 5.74) is 2.28. The van der Waals surface area contributed by atoms with Gasteiger partial charge in [0.25, 0.3) is 5.56 Å². The van der Waals surface area contributed by atoms with Crippen molar-refractivity contribution in [3.8, 4) is 11.8 Å². The predicted molar refractivity (Wildman–Crippen MR) is 91.8 cm³/mol. The Bertz CT molecular complexity index is 889. The molecule has 2 N–H and O–H groups in total. The zero-order valence-electron chi connectivity index (χ0n) is 13.8. The lowest BCUT2D eigenvalue weighted by atomic mass is 10.1. The molecule has 0 fully saturated rings. The van der Waals surface area contributed by atoms with Crippen LogP contribution < -0.4 is 10.3 Å². The highest BCUT2D eigenvalue weighted by Crippen LogP contribution is 2.11. The molecule has 3 aromatic rings. The molecule has 0 saturated heterocycles. The molecule has 0 spiro atoms. The number of phenolic OH excluding ortho intramolecular Hbond substituents is 1. The first kappa shape index (κ1) is 16.6. The molecule has 0 radical (unpaired) electrons. The molecule has 128 valence electrons. The Labute approximate surface area is 144 Å². The van der Waals surface area contributed by atoms with Crippen LogP contribution in [-0.2, 0) is 19.3 Å². The average molecular weight is 338 g/mol. The van der Waals surface area contributed by atoms with Gasteiger partial charge >= 0.3 is 6.01 Å². The highest BCUT2D eigenvalue weighted by molar-refractivity contribution is 5.26. The summed E-state index contributed by atoms with van der Waals surface area (Å²) in [5.74, 6) is 0.870. The summed E-state index contributed by atoms with van der Waals surface area (Å²) in [7, 11) is 1.50. The first-order valence-corrected chi connectivity index (χ1v) is 7.84. The lowest BCUT2D eigenvalue weighted by Gasteiger charge is -2.05. The van der Waals surface area contributed by atoms with E-state index in [-0.39, 0.29) is 11.3 Å². The zero-order valence-corrected chi connectivity index (χ0v) is 13.8. The fraction of sp³-hybridized carbons (Fsp3) is 0.222. The van der Waals surface area contributed by atoms with Crippen molar-refractivity contribution in [1.29, 1.82) is 0 Å². The van der Waals surface area contributed by atoms with E-state index in [1.807, 2.05) is 12.1 Å². The van der Waals surface area contributed by atoms with Crippen molar-refractivity contribution in [1.82, 2.24) is 19.9 Å². The molecule has 2 heterocycles. The van der Waals surface area contributed by atoms with Gasteiger partial charge in [0.1, 0.15) is 11.6 Å². The van der Waals surface area contributed by atoms with Gasteiger partial charge in [-0.1, -0.05) is 12.1 Å². The molecule has 7 nitrogen and oxygen atoms in total. The smallest absolute Gasteiger partial charge is 0.316 e. The SMILES string of the molecule is COc1ncc(Cc2cnc(CCc3ccc(O)cc3)[nH]c2=O)cn1. The Kier molecular flexibility index (Phi) is 5.03. The van der Waals surface area contributed by atoms with Crippen LogP contribution in [0.2, 0.25) is 0 Å². The molecule has 2 aromatic heterocycles. The van der Waals surface area contributed by atoms with Crippen molar-refractivity contribution in [3.05, 3.63) is 75.7 Å². The van der Waals surface area contributed by atoms with Gasteiger partial charge in [0.05, 0.1) is 7.11 Å². The van der Waals surface area contributed by atoms with Crippen LogP contribution in [0.4, 0.5) is 0 Å². The molecule has 0 aliphatic heterocycles. The minimum absolute atomic E-state index is 0.161. The number of hydrogen-bond donors (Lipinski definition) is 2. The van der Waals surface area contributed by atoms with E-state index >= 15 is 0 Å². The van der Waals surface area contributed by atoms with Gasteiger partial charge in [-0.25, -0.2) is 15.0 Å². The second-order valence-electron chi connectivity index (χ2n) is 5.61. The van der Waals surface area contributed by atoms with Gasteiger partial charge in [0.2, 0.25) is 0 Å². The summed E-state index contributed by atoms with van der Waals surface area (Å²) in [6, 6.07) is 7.29. The number of nitrogens with zero attached hydrogens (tertiary/aromatic N) is 3. The monoisotopic (exact) mass is 338 g/mol. The quantitative estimate of drug-likeness (QED) is 0.709. The fourth-order valence-corrected chi connectivity index (χ4v) is 2.40. The molecule has 0 saturated carbocycles. The summed E-state index contributed by atoms with van der Waals surface area (Å²) in [6.45, 7) is 0. The largest absolute Gasteiger partial charge is 0.508 e. The average Bonchev–Trinajstić information content (AvgIpc) is 2.64. The van der Waals surface area contributed by atoms with Gasteiger partial charge in [-0.3, -0.25) is 4.79 Å². The molecular formula is C18H18N4O3. The summed E-state index contributed by atoms with van der Waals surface area (Å²) in [5, 5.41) is 9.28. The van der Waals surface area contributed by atoms with Crippen LogP contribution >= 0.6 is 0 Å². The van der Waals surface area contributed by atoms with E-state index in [0.717, 1.165) is 17.5 Å². The maximum Gasteiger partial charge on any atom is 0.316 e. The molecular weight excluding hydrogens is 320 g/mol. The van der Waals surface area contributed by atoms with Crippen molar-refractivity contribution in [3.63, 3.8) is 0 Å². The van der Waals surface area contributed by atoms with E-state index < -0.39 is 0 Å². The summed E-state index contributed by atoms with van der Waals surface area (Å²) < 4.78 is 4.91. The third kappa shape index (κ3) is 4.41. The molecule has 0 amide bonds.